The Morgan fingerprint density at radius 2 is 1.86 bits per heavy atom. The second kappa shape index (κ2) is 4.27. The molecule has 1 rings (SSSR count). The van der Waals surface area contributed by atoms with Crippen molar-refractivity contribution in [1.29, 1.82) is 0 Å². The Bertz CT molecular complexity index is 437. The summed E-state index contributed by atoms with van der Waals surface area (Å²) >= 11 is 0. The zero-order valence-electron chi connectivity index (χ0n) is 7.47. The van der Waals surface area contributed by atoms with Crippen LogP contribution in [0.25, 0.3) is 0 Å². The van der Waals surface area contributed by atoms with Gasteiger partial charge in [0.2, 0.25) is 0 Å². The van der Waals surface area contributed by atoms with E-state index < -0.39 is 9.84 Å². The van der Waals surface area contributed by atoms with Gasteiger partial charge in [-0.1, -0.05) is 5.92 Å². The normalized spacial score (nSPS) is 10.9. The van der Waals surface area contributed by atoms with Crippen molar-refractivity contribution in [1.82, 2.24) is 0 Å². The molecule has 0 aromatic heterocycles. The quantitative estimate of drug-likeness (QED) is 0.736. The number of sulfone groups is 1. The van der Waals surface area contributed by atoms with Crippen LogP contribution in [-0.2, 0) is 9.84 Å². The first-order chi connectivity index (χ1) is 6.60. The minimum atomic E-state index is -3.35. The van der Waals surface area contributed by atoms with Gasteiger partial charge in [-0.3, -0.25) is 0 Å². The predicted molar refractivity (Wildman–Crippen MR) is 53.5 cm³/mol. The fraction of sp³-hybridized carbons (Fsp3) is 0.200. The SMILES string of the molecule is C#Cc1ccc(S(=O)(=O)CCO)cc1. The molecule has 14 heavy (non-hydrogen) atoms. The maximum atomic E-state index is 11.4. The molecule has 1 aromatic rings. The van der Waals surface area contributed by atoms with E-state index in [0.29, 0.717) is 5.56 Å². The summed E-state index contributed by atoms with van der Waals surface area (Å²) in [6.45, 7) is -0.376. The van der Waals surface area contributed by atoms with Gasteiger partial charge in [-0.2, -0.15) is 0 Å². The van der Waals surface area contributed by atoms with Gasteiger partial charge in [0.1, 0.15) is 0 Å². The Balaban J connectivity index is 3.05. The smallest absolute Gasteiger partial charge is 0.180 e. The van der Waals surface area contributed by atoms with Gasteiger partial charge in [-0.25, -0.2) is 8.42 Å². The zero-order chi connectivity index (χ0) is 10.6. The molecule has 74 valence electrons. The first-order valence-electron chi connectivity index (χ1n) is 4.00. The number of rotatable bonds is 3. The monoisotopic (exact) mass is 210 g/mol. The first kappa shape index (κ1) is 10.8. The third kappa shape index (κ3) is 2.34. The Morgan fingerprint density at radius 1 is 1.29 bits per heavy atom. The van der Waals surface area contributed by atoms with E-state index in [0.717, 1.165) is 0 Å². The molecule has 0 atom stereocenters. The van der Waals surface area contributed by atoms with E-state index in [4.69, 9.17) is 11.5 Å². The number of terminal acetylenes is 1. The lowest BCUT2D eigenvalue weighted by atomic mass is 10.2. The summed E-state index contributed by atoms with van der Waals surface area (Å²) in [7, 11) is -3.35. The predicted octanol–water partition coefficient (Wildman–Crippen LogP) is 0.434. The van der Waals surface area contributed by atoms with Crippen LogP contribution in [0.15, 0.2) is 29.2 Å². The van der Waals surface area contributed by atoms with Crippen LogP contribution in [0.3, 0.4) is 0 Å². The van der Waals surface area contributed by atoms with Gasteiger partial charge in [-0.05, 0) is 24.3 Å². The van der Waals surface area contributed by atoms with E-state index >= 15 is 0 Å². The molecular weight excluding hydrogens is 200 g/mol. The summed E-state index contributed by atoms with van der Waals surface area (Å²) in [4.78, 5) is 0.186. The van der Waals surface area contributed by atoms with E-state index in [1.807, 2.05) is 0 Å². The molecule has 0 radical (unpaired) electrons. The molecule has 1 aromatic carbocycles. The topological polar surface area (TPSA) is 54.4 Å². The van der Waals surface area contributed by atoms with Crippen LogP contribution in [-0.4, -0.2) is 25.9 Å². The Kier molecular flexibility index (Phi) is 3.28. The molecule has 0 unspecified atom stereocenters. The molecule has 0 bridgehead atoms. The molecule has 0 saturated heterocycles. The molecule has 4 heteroatoms. The highest BCUT2D eigenvalue weighted by atomic mass is 32.2. The van der Waals surface area contributed by atoms with Crippen molar-refractivity contribution in [2.75, 3.05) is 12.4 Å². The molecule has 0 heterocycles. The lowest BCUT2D eigenvalue weighted by Gasteiger charge is -2.01. The number of hydrogen-bond acceptors (Lipinski definition) is 3. The standard InChI is InChI=1S/C10H10O3S/c1-2-9-3-5-10(6-4-9)14(12,13)8-7-11/h1,3-6,11H,7-8H2. The van der Waals surface area contributed by atoms with E-state index in [1.54, 1.807) is 12.1 Å². The minimum Gasteiger partial charge on any atom is -0.395 e. The van der Waals surface area contributed by atoms with Gasteiger partial charge in [0.25, 0.3) is 0 Å². The lowest BCUT2D eigenvalue weighted by molar-refractivity contribution is 0.319. The second-order valence-corrected chi connectivity index (χ2v) is 4.82. The Hall–Kier alpha value is -1.31. The molecule has 1 N–H and O–H groups in total. The molecule has 0 aliphatic heterocycles. The van der Waals surface area contributed by atoms with Gasteiger partial charge < -0.3 is 5.11 Å². The Morgan fingerprint density at radius 3 is 2.29 bits per heavy atom. The number of benzene rings is 1. The molecule has 0 saturated carbocycles. The largest absolute Gasteiger partial charge is 0.395 e. The first-order valence-corrected chi connectivity index (χ1v) is 5.65. The highest BCUT2D eigenvalue weighted by molar-refractivity contribution is 7.91. The van der Waals surface area contributed by atoms with E-state index in [1.165, 1.54) is 12.1 Å². The van der Waals surface area contributed by atoms with E-state index in [-0.39, 0.29) is 17.3 Å². The summed E-state index contributed by atoms with van der Waals surface area (Å²) in [5.41, 5.74) is 0.632. The van der Waals surface area contributed by atoms with Crippen molar-refractivity contribution in [2.24, 2.45) is 0 Å². The Labute approximate surface area is 83.3 Å². The fourth-order valence-electron chi connectivity index (χ4n) is 0.997. The van der Waals surface area contributed by atoms with Gasteiger partial charge in [0, 0.05) is 5.56 Å². The summed E-state index contributed by atoms with van der Waals surface area (Å²) in [5, 5.41) is 8.55. The van der Waals surface area contributed by atoms with Crippen LogP contribution >= 0.6 is 0 Å². The molecule has 0 amide bonds. The van der Waals surface area contributed by atoms with Gasteiger partial charge in [0.15, 0.2) is 9.84 Å². The van der Waals surface area contributed by atoms with Crippen LogP contribution in [0, 0.1) is 12.3 Å². The zero-order valence-corrected chi connectivity index (χ0v) is 8.29. The van der Waals surface area contributed by atoms with E-state index in [9.17, 15) is 8.42 Å². The minimum absolute atomic E-state index is 0.186. The van der Waals surface area contributed by atoms with Crippen LogP contribution in [0.1, 0.15) is 5.56 Å². The fourth-order valence-corrected chi connectivity index (χ4v) is 2.02. The van der Waals surface area contributed by atoms with Gasteiger partial charge in [-0.15, -0.1) is 6.42 Å². The molecule has 3 nitrogen and oxygen atoms in total. The molecular formula is C10H10O3S. The molecule has 0 spiro atoms. The number of hydrogen-bond donors (Lipinski definition) is 1. The second-order valence-electron chi connectivity index (χ2n) is 2.71. The van der Waals surface area contributed by atoms with Crippen molar-refractivity contribution in [3.63, 3.8) is 0 Å². The van der Waals surface area contributed by atoms with E-state index in [2.05, 4.69) is 5.92 Å². The van der Waals surface area contributed by atoms with Crippen molar-refractivity contribution < 1.29 is 13.5 Å². The van der Waals surface area contributed by atoms with Crippen molar-refractivity contribution in [2.45, 2.75) is 4.90 Å². The van der Waals surface area contributed by atoms with Crippen molar-refractivity contribution >= 4 is 9.84 Å². The summed E-state index contributed by atoms with van der Waals surface area (Å²) in [6, 6.07) is 6.01. The average molecular weight is 210 g/mol. The maximum Gasteiger partial charge on any atom is 0.180 e. The third-order valence-electron chi connectivity index (χ3n) is 1.74. The number of aliphatic hydroxyl groups is 1. The average Bonchev–Trinajstić information content (AvgIpc) is 2.18. The summed E-state index contributed by atoms with van der Waals surface area (Å²) in [5.74, 6) is 2.13. The third-order valence-corrected chi connectivity index (χ3v) is 3.45. The maximum absolute atomic E-state index is 11.4. The molecule has 0 aliphatic rings. The van der Waals surface area contributed by atoms with Crippen LogP contribution in [0.4, 0.5) is 0 Å². The summed E-state index contributed by atoms with van der Waals surface area (Å²) < 4.78 is 22.8. The van der Waals surface area contributed by atoms with Gasteiger partial charge >= 0.3 is 0 Å². The van der Waals surface area contributed by atoms with Crippen LogP contribution < -0.4 is 0 Å². The highest BCUT2D eigenvalue weighted by Gasteiger charge is 2.12. The number of aliphatic hydroxyl groups excluding tert-OH is 1. The van der Waals surface area contributed by atoms with Crippen molar-refractivity contribution in [3.8, 4) is 12.3 Å². The van der Waals surface area contributed by atoms with Crippen LogP contribution in [0.5, 0.6) is 0 Å². The van der Waals surface area contributed by atoms with Crippen molar-refractivity contribution in [3.05, 3.63) is 29.8 Å². The van der Waals surface area contributed by atoms with Crippen LogP contribution in [0.2, 0.25) is 0 Å². The summed E-state index contributed by atoms with van der Waals surface area (Å²) in [6.07, 6.45) is 5.13. The lowest BCUT2D eigenvalue weighted by Crippen LogP contribution is -2.09. The van der Waals surface area contributed by atoms with Gasteiger partial charge in [0.05, 0.1) is 17.3 Å². The molecule has 0 fully saturated rings. The highest BCUT2D eigenvalue weighted by Crippen LogP contribution is 2.11. The molecule has 0 aliphatic carbocycles.